The summed E-state index contributed by atoms with van der Waals surface area (Å²) in [4.78, 5) is 0. The molecule has 117 valence electrons. The zero-order valence-electron chi connectivity index (χ0n) is 13.8. The number of hydrogen-bond donors (Lipinski definition) is 0. The van der Waals surface area contributed by atoms with Crippen LogP contribution in [0.2, 0.25) is 0 Å². The van der Waals surface area contributed by atoms with Crippen LogP contribution in [0.3, 0.4) is 0 Å². The van der Waals surface area contributed by atoms with Crippen molar-refractivity contribution in [2.45, 2.75) is 60.2 Å². The summed E-state index contributed by atoms with van der Waals surface area (Å²) in [5, 5.41) is 0. The average Bonchev–Trinajstić information content (AvgIpc) is 2.45. The first-order valence-corrected chi connectivity index (χ1v) is 8.06. The van der Waals surface area contributed by atoms with Crippen molar-refractivity contribution in [2.24, 2.45) is 23.7 Å². The molecular weight excluding hydrogens is 516 g/mol. The summed E-state index contributed by atoms with van der Waals surface area (Å²) in [6.07, 6.45) is 2.66. The molecule has 0 spiro atoms. The quantitative estimate of drug-likeness (QED) is 0.373. The topological polar surface area (TPSA) is 26.3 Å². The minimum absolute atomic E-state index is 0. The molecule has 20 heavy (non-hydrogen) atoms. The van der Waals surface area contributed by atoms with Crippen LogP contribution < -0.4 is 0 Å². The normalized spacial score (nSPS) is 28.6. The molecule has 1 radical (unpaired) electrons. The fourth-order valence-corrected chi connectivity index (χ4v) is 2.55. The molecule has 1 unspecified atom stereocenters. The molecule has 1 aliphatic heterocycles. The third kappa shape index (κ3) is 11.4. The summed E-state index contributed by atoms with van der Waals surface area (Å²) in [5.74, 6) is 2.68. The maximum atomic E-state index is 9.71. The second-order valence-corrected chi connectivity index (χ2v) is 6.86. The molecule has 0 amide bonds. The zero-order valence-corrected chi connectivity index (χ0v) is 20.5. The first kappa shape index (κ1) is 26.7. The summed E-state index contributed by atoms with van der Waals surface area (Å²) in [7, 11) is 0.274. The van der Waals surface area contributed by atoms with Gasteiger partial charge >= 0.3 is 0 Å². The Labute approximate surface area is 167 Å². The van der Waals surface area contributed by atoms with Gasteiger partial charge in [-0.2, -0.15) is 0 Å². The second kappa shape index (κ2) is 14.4. The van der Waals surface area contributed by atoms with Crippen LogP contribution in [0.5, 0.6) is 0 Å². The summed E-state index contributed by atoms with van der Waals surface area (Å²) >= 11 is 0. The van der Waals surface area contributed by atoms with Crippen molar-refractivity contribution in [1.29, 1.82) is 0 Å². The first-order valence-electron chi connectivity index (χ1n) is 7.07. The molecule has 0 aromatic heterocycles. The maximum absolute atomic E-state index is 9.71. The Morgan fingerprint density at radius 2 is 1.65 bits per heavy atom. The van der Waals surface area contributed by atoms with Crippen molar-refractivity contribution in [3.05, 3.63) is 6.92 Å². The fraction of sp³-hybridized carbons (Fsp3) is 0.933. The van der Waals surface area contributed by atoms with Crippen LogP contribution >= 0.6 is 8.46 Å². The Bertz CT molecular complexity index is 240. The van der Waals surface area contributed by atoms with Crippen LogP contribution in [0.25, 0.3) is 0 Å². The molecule has 2 nitrogen and oxygen atoms in total. The van der Waals surface area contributed by atoms with Crippen molar-refractivity contribution in [3.63, 3.8) is 0 Å². The molecule has 0 aromatic rings. The number of ether oxygens (including phenoxy) is 1. The van der Waals surface area contributed by atoms with E-state index >= 15 is 0 Å². The van der Waals surface area contributed by atoms with E-state index in [9.17, 15) is 4.57 Å². The monoisotopic (exact) mass is 546 g/mol. The van der Waals surface area contributed by atoms with Crippen molar-refractivity contribution in [2.75, 3.05) is 6.16 Å². The summed E-state index contributed by atoms with van der Waals surface area (Å²) < 4.78 is 15.4. The SMILES string of the molecule is CC(C)CP=O.[CH2-][C@H]1O[C@@H](C)[C@@H](C)C1CC(C)C.[W].[Y]. The van der Waals surface area contributed by atoms with E-state index < -0.39 is 0 Å². The molecule has 1 aliphatic rings. The molecule has 4 atom stereocenters. The largest absolute Gasteiger partial charge is 0.407 e. The Kier molecular flexibility index (Phi) is 19.3. The van der Waals surface area contributed by atoms with Gasteiger partial charge in [-0.25, -0.2) is 0 Å². The van der Waals surface area contributed by atoms with Gasteiger partial charge in [0.25, 0.3) is 0 Å². The van der Waals surface area contributed by atoms with Gasteiger partial charge in [0.15, 0.2) is 8.46 Å². The molecular formula is C15H30O2PWY-. The van der Waals surface area contributed by atoms with Crippen LogP contribution in [0.4, 0.5) is 0 Å². The van der Waals surface area contributed by atoms with Crippen molar-refractivity contribution >= 4 is 8.46 Å². The minimum Gasteiger partial charge on any atom is -0.407 e. The van der Waals surface area contributed by atoms with Gasteiger partial charge in [0.2, 0.25) is 0 Å². The van der Waals surface area contributed by atoms with Crippen molar-refractivity contribution < 1.29 is 63.1 Å². The zero-order chi connectivity index (χ0) is 14.3. The van der Waals surface area contributed by atoms with Gasteiger partial charge in [-0.3, -0.25) is 4.57 Å². The van der Waals surface area contributed by atoms with Crippen LogP contribution in [0.15, 0.2) is 0 Å². The molecule has 1 rings (SSSR count). The van der Waals surface area contributed by atoms with E-state index in [4.69, 9.17) is 4.74 Å². The van der Waals surface area contributed by atoms with Gasteiger partial charge in [-0.15, -0.1) is 0 Å². The first-order chi connectivity index (χ1) is 8.29. The van der Waals surface area contributed by atoms with Crippen LogP contribution in [0.1, 0.15) is 48.0 Å². The molecule has 0 aliphatic carbocycles. The summed E-state index contributed by atoms with van der Waals surface area (Å²) in [6.45, 7) is 17.1. The van der Waals surface area contributed by atoms with E-state index in [2.05, 4.69) is 34.6 Å². The molecule has 0 bridgehead atoms. The Morgan fingerprint density at radius 3 is 1.85 bits per heavy atom. The van der Waals surface area contributed by atoms with Crippen LogP contribution in [0, 0.1) is 30.6 Å². The van der Waals surface area contributed by atoms with Gasteiger partial charge in [0, 0.05) is 59.9 Å². The van der Waals surface area contributed by atoms with Gasteiger partial charge in [0.05, 0.1) is 6.10 Å². The van der Waals surface area contributed by atoms with E-state index in [0.717, 1.165) is 12.1 Å². The van der Waals surface area contributed by atoms with E-state index in [1.807, 2.05) is 13.8 Å². The van der Waals surface area contributed by atoms with E-state index in [1.165, 1.54) is 6.42 Å². The summed E-state index contributed by atoms with van der Waals surface area (Å²) in [5.41, 5.74) is 0. The van der Waals surface area contributed by atoms with E-state index in [-0.39, 0.29) is 68.3 Å². The molecule has 0 aromatic carbocycles. The van der Waals surface area contributed by atoms with Gasteiger partial charge in [-0.1, -0.05) is 40.7 Å². The second-order valence-electron chi connectivity index (χ2n) is 6.24. The molecule has 1 heterocycles. The molecule has 1 fully saturated rings. The van der Waals surface area contributed by atoms with Crippen molar-refractivity contribution in [3.8, 4) is 0 Å². The summed E-state index contributed by atoms with van der Waals surface area (Å²) in [6, 6.07) is 0. The maximum Gasteiger partial charge on any atom is 0.155 e. The fourth-order valence-electron chi connectivity index (χ4n) is 2.25. The molecule has 1 saturated heterocycles. The van der Waals surface area contributed by atoms with Gasteiger partial charge in [0.1, 0.15) is 0 Å². The number of rotatable bonds is 4. The third-order valence-corrected chi connectivity index (χ3v) is 4.35. The van der Waals surface area contributed by atoms with Crippen LogP contribution in [-0.4, -0.2) is 18.4 Å². The smallest absolute Gasteiger partial charge is 0.155 e. The molecule has 0 N–H and O–H groups in total. The Morgan fingerprint density at radius 1 is 1.15 bits per heavy atom. The predicted molar refractivity (Wildman–Crippen MR) is 79.1 cm³/mol. The van der Waals surface area contributed by atoms with E-state index in [1.54, 1.807) is 0 Å². The minimum atomic E-state index is 0. The third-order valence-electron chi connectivity index (χ3n) is 3.47. The van der Waals surface area contributed by atoms with Gasteiger partial charge in [-0.05, 0) is 37.0 Å². The Balaban J connectivity index is -0.000000316. The number of hydrogen-bond acceptors (Lipinski definition) is 2. The van der Waals surface area contributed by atoms with Crippen molar-refractivity contribution in [1.82, 2.24) is 0 Å². The van der Waals surface area contributed by atoms with E-state index in [0.29, 0.717) is 23.9 Å². The Hall–Kier alpha value is 1.85. The molecule has 0 saturated carbocycles. The predicted octanol–water partition coefficient (Wildman–Crippen LogP) is 4.84. The molecule has 5 heteroatoms. The van der Waals surface area contributed by atoms with Gasteiger partial charge < -0.3 is 11.7 Å². The standard InChI is InChI=1S/C11H21O.C4H9OP.W.Y/c1-7(2)6-11-8(3)9(4)12-10(11)5;1-4(2)3-6-5;;/h7-11H,5-6H2,1-4H3;4H,3H2,1-2H3;;/q-1;;;/t8-,9+,10-,11?;;;/m1.../s1. The van der Waals surface area contributed by atoms with Crippen LogP contribution in [-0.2, 0) is 63.1 Å². The average molecular weight is 546 g/mol.